The van der Waals surface area contributed by atoms with Crippen molar-refractivity contribution < 1.29 is 32.3 Å². The van der Waals surface area contributed by atoms with Crippen LogP contribution in [0.15, 0.2) is 12.7 Å². The van der Waals surface area contributed by atoms with Crippen LogP contribution < -0.4 is 10.7 Å². The van der Waals surface area contributed by atoms with Crippen LogP contribution in [0.2, 0.25) is 0 Å². The number of nitrogens with zero attached hydrogens (tertiary/aromatic N) is 1. The van der Waals surface area contributed by atoms with E-state index in [0.717, 1.165) is 0 Å². The molecule has 10 heteroatoms. The molecule has 1 atom stereocenters. The van der Waals surface area contributed by atoms with Crippen LogP contribution in [0.3, 0.4) is 0 Å². The molecule has 1 rings (SSSR count). The maximum atomic E-state index is 12.1. The summed E-state index contributed by atoms with van der Waals surface area (Å²) in [4.78, 5) is 33.2. The standard InChI is InChI=1S/C9H10F3N3O4/c1-2-3-19-8(18)13-5-4-15(14-6(5)16)7(17)9(10,11)12/h2,5H,1,3-4H2,(H,13,18)(H,14,16)/t5-/m1/s1. The maximum Gasteiger partial charge on any atom is 0.473 e. The maximum absolute atomic E-state index is 12.1. The number of halogens is 3. The molecule has 3 amide bonds. The van der Waals surface area contributed by atoms with Gasteiger partial charge in [0, 0.05) is 0 Å². The van der Waals surface area contributed by atoms with E-state index in [1.165, 1.54) is 6.08 Å². The van der Waals surface area contributed by atoms with Crippen molar-refractivity contribution >= 4 is 17.9 Å². The molecule has 1 heterocycles. The van der Waals surface area contributed by atoms with Gasteiger partial charge in [-0.2, -0.15) is 13.2 Å². The van der Waals surface area contributed by atoms with Gasteiger partial charge in [0.05, 0.1) is 6.54 Å². The number of hydrogen-bond acceptors (Lipinski definition) is 4. The zero-order valence-electron chi connectivity index (χ0n) is 9.49. The summed E-state index contributed by atoms with van der Waals surface area (Å²) >= 11 is 0. The first kappa shape index (κ1) is 14.8. The number of hydrazine groups is 1. The summed E-state index contributed by atoms with van der Waals surface area (Å²) in [5.74, 6) is -3.15. The van der Waals surface area contributed by atoms with Crippen molar-refractivity contribution in [3.05, 3.63) is 12.7 Å². The van der Waals surface area contributed by atoms with Gasteiger partial charge in [-0.15, -0.1) is 0 Å². The lowest BCUT2D eigenvalue weighted by Gasteiger charge is -2.16. The lowest BCUT2D eigenvalue weighted by molar-refractivity contribution is -0.187. The normalized spacial score (nSPS) is 18.8. The van der Waals surface area contributed by atoms with Crippen molar-refractivity contribution in [1.82, 2.24) is 15.8 Å². The lowest BCUT2D eigenvalue weighted by Crippen LogP contribution is -2.46. The number of amides is 3. The van der Waals surface area contributed by atoms with Crippen LogP contribution in [0.1, 0.15) is 0 Å². The molecular formula is C9H10F3N3O4. The van der Waals surface area contributed by atoms with E-state index in [0.29, 0.717) is 0 Å². The predicted octanol–water partition coefficient (Wildman–Crippen LogP) is -0.297. The average molecular weight is 281 g/mol. The van der Waals surface area contributed by atoms with Crippen LogP contribution in [0.25, 0.3) is 0 Å². The molecule has 0 aromatic heterocycles. The fourth-order valence-electron chi connectivity index (χ4n) is 1.24. The molecular weight excluding hydrogens is 271 g/mol. The SMILES string of the molecule is C=CCOC(=O)N[C@@H]1CN(C(=O)C(F)(F)F)NC1=O. The Morgan fingerprint density at radius 3 is 2.74 bits per heavy atom. The van der Waals surface area contributed by atoms with Gasteiger partial charge in [-0.3, -0.25) is 15.0 Å². The number of carbonyl (C=O) groups excluding carboxylic acids is 3. The Labute approximate surface area is 105 Å². The van der Waals surface area contributed by atoms with Gasteiger partial charge in [0.25, 0.3) is 5.91 Å². The van der Waals surface area contributed by atoms with Crippen LogP contribution in [-0.4, -0.2) is 48.3 Å². The van der Waals surface area contributed by atoms with Crippen molar-refractivity contribution in [2.45, 2.75) is 12.2 Å². The largest absolute Gasteiger partial charge is 0.473 e. The highest BCUT2D eigenvalue weighted by Crippen LogP contribution is 2.19. The summed E-state index contributed by atoms with van der Waals surface area (Å²) in [5, 5.41) is 2.10. The summed E-state index contributed by atoms with van der Waals surface area (Å²) in [6.45, 7) is 2.52. The third-order valence-corrected chi connectivity index (χ3v) is 2.04. The molecule has 7 nitrogen and oxygen atoms in total. The third kappa shape index (κ3) is 3.86. The van der Waals surface area contributed by atoms with Crippen LogP contribution in [0, 0.1) is 0 Å². The third-order valence-electron chi connectivity index (χ3n) is 2.04. The molecule has 0 aromatic rings. The van der Waals surface area contributed by atoms with Crippen LogP contribution >= 0.6 is 0 Å². The van der Waals surface area contributed by atoms with Crippen LogP contribution in [0.5, 0.6) is 0 Å². The van der Waals surface area contributed by atoms with Crippen LogP contribution in [-0.2, 0) is 14.3 Å². The molecule has 0 radical (unpaired) electrons. The van der Waals surface area contributed by atoms with E-state index in [2.05, 4.69) is 11.3 Å². The Morgan fingerprint density at radius 1 is 1.58 bits per heavy atom. The Bertz CT molecular complexity index is 410. The molecule has 0 saturated carbocycles. The number of ether oxygens (including phenoxy) is 1. The molecule has 1 aliphatic heterocycles. The van der Waals surface area contributed by atoms with Crippen molar-refractivity contribution in [2.24, 2.45) is 0 Å². The highest BCUT2D eigenvalue weighted by Gasteiger charge is 2.47. The molecule has 0 aliphatic carbocycles. The lowest BCUT2D eigenvalue weighted by atomic mass is 10.3. The Kier molecular flexibility index (Phi) is 4.35. The second kappa shape index (κ2) is 5.59. The predicted molar refractivity (Wildman–Crippen MR) is 54.4 cm³/mol. The molecule has 2 N–H and O–H groups in total. The Hall–Kier alpha value is -2.26. The number of carbonyl (C=O) groups is 3. The fraction of sp³-hybridized carbons (Fsp3) is 0.444. The Balaban J connectivity index is 2.56. The van der Waals surface area contributed by atoms with Crippen molar-refractivity contribution in [2.75, 3.05) is 13.2 Å². The first-order valence-corrected chi connectivity index (χ1v) is 4.99. The van der Waals surface area contributed by atoms with Crippen molar-refractivity contribution in [3.63, 3.8) is 0 Å². The van der Waals surface area contributed by atoms with Crippen LogP contribution in [0.4, 0.5) is 18.0 Å². The molecule has 0 bridgehead atoms. The quantitative estimate of drug-likeness (QED) is 0.695. The summed E-state index contributed by atoms with van der Waals surface area (Å²) in [5.41, 5.74) is 1.71. The van der Waals surface area contributed by atoms with Gasteiger partial charge in [0.15, 0.2) is 0 Å². The van der Waals surface area contributed by atoms with E-state index in [9.17, 15) is 27.6 Å². The highest BCUT2D eigenvalue weighted by atomic mass is 19.4. The zero-order chi connectivity index (χ0) is 14.6. The number of nitrogens with one attached hydrogen (secondary N) is 2. The second-order valence-corrected chi connectivity index (χ2v) is 3.47. The molecule has 1 fully saturated rings. The van der Waals surface area contributed by atoms with Crippen molar-refractivity contribution in [3.8, 4) is 0 Å². The van der Waals surface area contributed by atoms with Crippen molar-refractivity contribution in [1.29, 1.82) is 0 Å². The van der Waals surface area contributed by atoms with Gasteiger partial charge in [-0.05, 0) is 0 Å². The topological polar surface area (TPSA) is 87.7 Å². The first-order valence-electron chi connectivity index (χ1n) is 4.99. The van der Waals surface area contributed by atoms with Gasteiger partial charge < -0.3 is 10.1 Å². The Morgan fingerprint density at radius 2 is 2.21 bits per heavy atom. The summed E-state index contributed by atoms with van der Waals surface area (Å²) in [6.07, 6.45) is -4.83. The molecule has 0 spiro atoms. The van der Waals surface area contributed by atoms with Gasteiger partial charge in [-0.25, -0.2) is 9.80 Å². The summed E-state index contributed by atoms with van der Waals surface area (Å²) in [6, 6.07) is -1.30. The zero-order valence-corrected chi connectivity index (χ0v) is 9.49. The minimum absolute atomic E-state index is 0.0841. The summed E-state index contributed by atoms with van der Waals surface area (Å²) < 4.78 is 40.8. The van der Waals surface area contributed by atoms with Gasteiger partial charge in [-0.1, -0.05) is 12.7 Å². The first-order chi connectivity index (χ1) is 8.75. The fourth-order valence-corrected chi connectivity index (χ4v) is 1.24. The summed E-state index contributed by atoms with van der Waals surface area (Å²) in [7, 11) is 0. The van der Waals surface area contributed by atoms with E-state index in [1.54, 1.807) is 5.43 Å². The highest BCUT2D eigenvalue weighted by molar-refractivity contribution is 5.92. The number of rotatable bonds is 3. The van der Waals surface area contributed by atoms with E-state index in [-0.39, 0.29) is 11.6 Å². The van der Waals surface area contributed by atoms with E-state index < -0.39 is 36.7 Å². The molecule has 0 aromatic carbocycles. The van der Waals surface area contributed by atoms with E-state index in [4.69, 9.17) is 0 Å². The molecule has 0 unspecified atom stereocenters. The minimum atomic E-state index is -5.11. The molecule has 106 valence electrons. The number of alkyl halides is 3. The second-order valence-electron chi connectivity index (χ2n) is 3.47. The average Bonchev–Trinajstić information content (AvgIpc) is 2.66. The van der Waals surface area contributed by atoms with Gasteiger partial charge in [0.2, 0.25) is 0 Å². The van der Waals surface area contributed by atoms with Gasteiger partial charge in [0.1, 0.15) is 12.6 Å². The number of alkyl carbamates (subject to hydrolysis) is 1. The number of hydrogen-bond donors (Lipinski definition) is 2. The molecule has 1 aliphatic rings. The van der Waals surface area contributed by atoms with E-state index >= 15 is 0 Å². The van der Waals surface area contributed by atoms with E-state index in [1.807, 2.05) is 5.32 Å². The molecule has 19 heavy (non-hydrogen) atoms. The van der Waals surface area contributed by atoms with Gasteiger partial charge >= 0.3 is 18.2 Å². The monoisotopic (exact) mass is 281 g/mol. The molecule has 1 saturated heterocycles. The minimum Gasteiger partial charge on any atom is -0.445 e. The smallest absolute Gasteiger partial charge is 0.445 e.